The topological polar surface area (TPSA) is 61.8 Å². The normalized spacial score (nSPS) is 24.6. The van der Waals surface area contributed by atoms with Gasteiger partial charge in [-0.15, -0.1) is 0 Å². The molecule has 0 radical (unpaired) electrons. The third-order valence-corrected chi connectivity index (χ3v) is 2.60. The Hall–Kier alpha value is -0.650. The van der Waals surface area contributed by atoms with Gasteiger partial charge < -0.3 is 15.2 Å². The summed E-state index contributed by atoms with van der Waals surface area (Å²) in [6, 6.07) is -0.315. The van der Waals surface area contributed by atoms with Crippen molar-refractivity contribution in [1.82, 2.24) is 10.2 Å². The Bertz CT molecular complexity index is 233. The van der Waals surface area contributed by atoms with Crippen LogP contribution in [0.25, 0.3) is 0 Å². The highest BCUT2D eigenvalue weighted by atomic mass is 16.5. The predicted octanol–water partition coefficient (Wildman–Crippen LogP) is 0.158. The smallest absolute Gasteiger partial charge is 0.322 e. The maximum atomic E-state index is 11.1. The van der Waals surface area contributed by atoms with Gasteiger partial charge in [-0.3, -0.25) is 9.69 Å². The van der Waals surface area contributed by atoms with Crippen LogP contribution in [0.4, 0.5) is 0 Å². The quantitative estimate of drug-likeness (QED) is 0.704. The summed E-state index contributed by atoms with van der Waals surface area (Å²) in [6.45, 7) is 8.78. The van der Waals surface area contributed by atoms with Gasteiger partial charge in [-0.2, -0.15) is 0 Å². The van der Waals surface area contributed by atoms with Crippen LogP contribution in [0.5, 0.6) is 0 Å². The molecule has 5 heteroatoms. The largest absolute Gasteiger partial charge is 0.480 e. The molecule has 1 saturated heterocycles. The molecule has 2 atom stereocenters. The Labute approximate surface area is 96.8 Å². The summed E-state index contributed by atoms with van der Waals surface area (Å²) in [5.74, 6) is -0.784. The average Bonchev–Trinajstić information content (AvgIpc) is 2.15. The second-order valence-corrected chi connectivity index (χ2v) is 4.65. The lowest BCUT2D eigenvalue weighted by atomic mass is 10.2. The molecule has 0 amide bonds. The number of carboxylic acids is 1. The molecular formula is C11H22N2O3. The molecule has 0 aliphatic carbocycles. The molecule has 0 spiro atoms. The zero-order chi connectivity index (χ0) is 12.1. The van der Waals surface area contributed by atoms with Gasteiger partial charge >= 0.3 is 5.97 Å². The van der Waals surface area contributed by atoms with Crippen LogP contribution in [0.1, 0.15) is 20.8 Å². The molecule has 94 valence electrons. The maximum absolute atomic E-state index is 11.1. The van der Waals surface area contributed by atoms with Gasteiger partial charge in [-0.05, 0) is 6.92 Å². The molecular weight excluding hydrogens is 208 g/mol. The maximum Gasteiger partial charge on any atom is 0.322 e. The molecule has 0 saturated carbocycles. The van der Waals surface area contributed by atoms with Gasteiger partial charge in [-0.25, -0.2) is 0 Å². The van der Waals surface area contributed by atoms with E-state index in [1.807, 2.05) is 20.8 Å². The number of ether oxygens (including phenoxy) is 1. The first-order chi connectivity index (χ1) is 7.49. The van der Waals surface area contributed by atoms with Crippen molar-refractivity contribution in [2.24, 2.45) is 0 Å². The Morgan fingerprint density at radius 3 is 2.81 bits per heavy atom. The van der Waals surface area contributed by atoms with Crippen LogP contribution in [0.3, 0.4) is 0 Å². The highest BCUT2D eigenvalue weighted by Crippen LogP contribution is 2.05. The van der Waals surface area contributed by atoms with E-state index in [9.17, 15) is 4.79 Å². The monoisotopic (exact) mass is 230 g/mol. The van der Waals surface area contributed by atoms with Gasteiger partial charge in [0.05, 0.1) is 12.7 Å². The number of hydrogen-bond acceptors (Lipinski definition) is 4. The summed E-state index contributed by atoms with van der Waals surface area (Å²) >= 11 is 0. The lowest BCUT2D eigenvalue weighted by Crippen LogP contribution is -2.52. The molecule has 1 fully saturated rings. The number of nitrogens with one attached hydrogen (secondary N) is 1. The number of nitrogens with zero attached hydrogens (tertiary/aromatic N) is 1. The summed E-state index contributed by atoms with van der Waals surface area (Å²) < 4.78 is 5.42. The molecule has 1 heterocycles. The number of aliphatic carboxylic acids is 1. The zero-order valence-corrected chi connectivity index (χ0v) is 10.3. The van der Waals surface area contributed by atoms with Crippen molar-refractivity contribution in [2.75, 3.05) is 26.2 Å². The summed E-state index contributed by atoms with van der Waals surface area (Å²) in [5, 5.41) is 12.2. The number of carbonyl (C=O) groups is 1. The van der Waals surface area contributed by atoms with Crippen molar-refractivity contribution in [3.63, 3.8) is 0 Å². The van der Waals surface area contributed by atoms with E-state index in [0.29, 0.717) is 13.2 Å². The molecule has 0 aromatic rings. The number of hydrogen-bond donors (Lipinski definition) is 2. The van der Waals surface area contributed by atoms with E-state index in [-0.39, 0.29) is 12.1 Å². The van der Waals surface area contributed by atoms with Crippen molar-refractivity contribution in [3.05, 3.63) is 0 Å². The van der Waals surface area contributed by atoms with Gasteiger partial charge in [0.25, 0.3) is 0 Å². The second-order valence-electron chi connectivity index (χ2n) is 4.65. The van der Waals surface area contributed by atoms with Crippen molar-refractivity contribution >= 4 is 5.97 Å². The molecule has 1 aliphatic heterocycles. The minimum Gasteiger partial charge on any atom is -0.480 e. The number of morpholine rings is 1. The molecule has 16 heavy (non-hydrogen) atoms. The first kappa shape index (κ1) is 13.4. The van der Waals surface area contributed by atoms with Gasteiger partial charge in [0.2, 0.25) is 0 Å². The lowest BCUT2D eigenvalue weighted by Gasteiger charge is -2.33. The van der Waals surface area contributed by atoms with Crippen LogP contribution in [0.2, 0.25) is 0 Å². The van der Waals surface area contributed by atoms with E-state index < -0.39 is 12.0 Å². The minimum absolute atomic E-state index is 0.180. The van der Waals surface area contributed by atoms with E-state index in [4.69, 9.17) is 9.84 Å². The first-order valence-electron chi connectivity index (χ1n) is 5.82. The van der Waals surface area contributed by atoms with Gasteiger partial charge in [-0.1, -0.05) is 13.8 Å². The van der Waals surface area contributed by atoms with E-state index in [2.05, 4.69) is 10.2 Å². The fraction of sp³-hybridized carbons (Fsp3) is 0.909. The summed E-state index contributed by atoms with van der Waals surface area (Å²) in [7, 11) is 0. The predicted molar refractivity (Wildman–Crippen MR) is 61.5 cm³/mol. The van der Waals surface area contributed by atoms with E-state index >= 15 is 0 Å². The molecule has 2 unspecified atom stereocenters. The molecule has 0 bridgehead atoms. The SMILES string of the molecule is CC(C)NC(CN1CCOC(C)C1)C(=O)O. The summed E-state index contributed by atoms with van der Waals surface area (Å²) in [5.41, 5.74) is 0. The lowest BCUT2D eigenvalue weighted by molar-refractivity contribution is -0.140. The minimum atomic E-state index is -0.784. The Balaban J connectivity index is 2.44. The van der Waals surface area contributed by atoms with Crippen LogP contribution in [-0.2, 0) is 9.53 Å². The Morgan fingerprint density at radius 1 is 1.62 bits per heavy atom. The first-order valence-corrected chi connectivity index (χ1v) is 5.82. The van der Waals surface area contributed by atoms with Gasteiger partial charge in [0.15, 0.2) is 0 Å². The summed E-state index contributed by atoms with van der Waals surface area (Å²) in [4.78, 5) is 13.2. The molecule has 1 aliphatic rings. The number of rotatable bonds is 5. The van der Waals surface area contributed by atoms with Crippen LogP contribution in [-0.4, -0.2) is 60.4 Å². The highest BCUT2D eigenvalue weighted by Gasteiger charge is 2.24. The molecule has 5 nitrogen and oxygen atoms in total. The van der Waals surface area contributed by atoms with Crippen LogP contribution in [0.15, 0.2) is 0 Å². The third-order valence-electron chi connectivity index (χ3n) is 2.60. The van der Waals surface area contributed by atoms with Crippen molar-refractivity contribution in [3.8, 4) is 0 Å². The van der Waals surface area contributed by atoms with E-state index in [0.717, 1.165) is 13.1 Å². The molecule has 1 rings (SSSR count). The summed E-state index contributed by atoms with van der Waals surface area (Å²) in [6.07, 6.45) is 0.197. The second kappa shape index (κ2) is 6.18. The standard InChI is InChI=1S/C11H22N2O3/c1-8(2)12-10(11(14)15)7-13-4-5-16-9(3)6-13/h8-10,12H,4-7H2,1-3H3,(H,14,15). The molecule has 2 N–H and O–H groups in total. The van der Waals surface area contributed by atoms with Crippen LogP contribution >= 0.6 is 0 Å². The Kier molecular flexibility index (Phi) is 5.18. The van der Waals surface area contributed by atoms with Crippen molar-refractivity contribution in [1.29, 1.82) is 0 Å². The fourth-order valence-electron chi connectivity index (χ4n) is 1.92. The fourth-order valence-corrected chi connectivity index (χ4v) is 1.92. The van der Waals surface area contributed by atoms with E-state index in [1.54, 1.807) is 0 Å². The van der Waals surface area contributed by atoms with Crippen molar-refractivity contribution in [2.45, 2.75) is 39.0 Å². The van der Waals surface area contributed by atoms with Gasteiger partial charge in [0, 0.05) is 25.7 Å². The Morgan fingerprint density at radius 2 is 2.31 bits per heavy atom. The van der Waals surface area contributed by atoms with E-state index in [1.165, 1.54) is 0 Å². The van der Waals surface area contributed by atoms with Gasteiger partial charge in [0.1, 0.15) is 6.04 Å². The molecule has 0 aromatic heterocycles. The van der Waals surface area contributed by atoms with Crippen LogP contribution < -0.4 is 5.32 Å². The molecule has 0 aromatic carbocycles. The highest BCUT2D eigenvalue weighted by molar-refractivity contribution is 5.73. The average molecular weight is 230 g/mol. The third kappa shape index (κ3) is 4.47. The zero-order valence-electron chi connectivity index (χ0n) is 10.3. The number of carboxylic acid groups (broad SMARTS) is 1. The van der Waals surface area contributed by atoms with Crippen molar-refractivity contribution < 1.29 is 14.6 Å². The van der Waals surface area contributed by atoms with Crippen LogP contribution in [0, 0.1) is 0 Å².